The van der Waals surface area contributed by atoms with E-state index >= 15 is 0 Å². The smallest absolute Gasteiger partial charge is 0.152 e. The van der Waals surface area contributed by atoms with E-state index in [1.807, 2.05) is 6.08 Å². The van der Waals surface area contributed by atoms with Gasteiger partial charge in [0, 0.05) is 6.42 Å². The summed E-state index contributed by atoms with van der Waals surface area (Å²) in [7, 11) is 0. The van der Waals surface area contributed by atoms with Gasteiger partial charge in [-0.1, -0.05) is 19.9 Å². The summed E-state index contributed by atoms with van der Waals surface area (Å²) < 4.78 is 0. The molecular weight excluding hydrogens is 162 g/mol. The highest BCUT2D eigenvalue weighted by Gasteiger charge is 2.55. The molecule has 13 heavy (non-hydrogen) atoms. The highest BCUT2D eigenvalue weighted by molar-refractivity contribution is 5.87. The van der Waals surface area contributed by atoms with Crippen molar-refractivity contribution in [1.29, 1.82) is 5.26 Å². The first-order valence-corrected chi connectivity index (χ1v) is 4.56. The van der Waals surface area contributed by atoms with E-state index in [2.05, 4.69) is 19.9 Å². The van der Waals surface area contributed by atoms with E-state index in [-0.39, 0.29) is 11.2 Å². The minimum Gasteiger partial charge on any atom is -0.295 e. The molecule has 70 valence electrons. The van der Waals surface area contributed by atoms with Crippen LogP contribution in [0.15, 0.2) is 12.2 Å². The lowest BCUT2D eigenvalue weighted by atomic mass is 10.1. The maximum atomic E-state index is 10.7. The number of ketones is 1. The number of rotatable bonds is 3. The fraction of sp³-hybridized carbons (Fsp3) is 0.636. The Labute approximate surface area is 79.2 Å². The van der Waals surface area contributed by atoms with Crippen molar-refractivity contribution in [3.8, 4) is 6.07 Å². The number of carbonyl (C=O) groups is 1. The number of carbonyl (C=O) groups excluding carboxylic acids is 1. The Hall–Kier alpha value is -1.10. The van der Waals surface area contributed by atoms with Gasteiger partial charge in [0.1, 0.15) is 0 Å². The van der Waals surface area contributed by atoms with Crippen LogP contribution in [0.1, 0.15) is 27.2 Å². The maximum Gasteiger partial charge on any atom is 0.152 e. The molecule has 0 aromatic carbocycles. The highest BCUT2D eigenvalue weighted by atomic mass is 16.1. The van der Waals surface area contributed by atoms with Crippen molar-refractivity contribution in [1.82, 2.24) is 0 Å². The van der Waals surface area contributed by atoms with Crippen LogP contribution in [-0.2, 0) is 4.79 Å². The zero-order chi connectivity index (χ0) is 10.1. The summed E-state index contributed by atoms with van der Waals surface area (Å²) in [5.41, 5.74) is 0.210. The van der Waals surface area contributed by atoms with E-state index in [1.165, 1.54) is 0 Å². The summed E-state index contributed by atoms with van der Waals surface area (Å²) >= 11 is 0. The lowest BCUT2D eigenvalue weighted by Gasteiger charge is -1.96. The summed E-state index contributed by atoms with van der Waals surface area (Å²) in [5, 5.41) is 8.56. The lowest BCUT2D eigenvalue weighted by molar-refractivity contribution is -0.112. The standard InChI is InChI=1S/C11H15NO/c1-8(13)4-5-9-10(6-7-12)11(9,2)3/h4-5,9-10H,6H2,1-3H3. The zero-order valence-electron chi connectivity index (χ0n) is 8.37. The van der Waals surface area contributed by atoms with E-state index in [4.69, 9.17) is 5.26 Å². The molecule has 1 saturated carbocycles. The van der Waals surface area contributed by atoms with Gasteiger partial charge >= 0.3 is 0 Å². The van der Waals surface area contributed by atoms with Crippen molar-refractivity contribution in [3.63, 3.8) is 0 Å². The van der Waals surface area contributed by atoms with Crippen molar-refractivity contribution in [2.45, 2.75) is 27.2 Å². The molecule has 0 radical (unpaired) electrons. The molecule has 2 heteroatoms. The van der Waals surface area contributed by atoms with Crippen LogP contribution in [-0.4, -0.2) is 5.78 Å². The lowest BCUT2D eigenvalue weighted by Crippen LogP contribution is -1.89. The molecule has 1 aliphatic carbocycles. The molecule has 0 bridgehead atoms. The van der Waals surface area contributed by atoms with Crippen LogP contribution in [0.4, 0.5) is 0 Å². The van der Waals surface area contributed by atoms with E-state index in [9.17, 15) is 4.79 Å². The van der Waals surface area contributed by atoms with Gasteiger partial charge in [0.2, 0.25) is 0 Å². The van der Waals surface area contributed by atoms with Crippen LogP contribution in [0.3, 0.4) is 0 Å². The topological polar surface area (TPSA) is 40.9 Å². The number of hydrogen-bond donors (Lipinski definition) is 0. The molecule has 0 heterocycles. The number of hydrogen-bond acceptors (Lipinski definition) is 2. The summed E-state index contributed by atoms with van der Waals surface area (Å²) in [5.74, 6) is 0.933. The Morgan fingerprint density at radius 2 is 2.23 bits per heavy atom. The minimum atomic E-state index is 0.0819. The molecule has 2 unspecified atom stereocenters. The SMILES string of the molecule is CC(=O)C=CC1C(CC#N)C1(C)C. The fourth-order valence-electron chi connectivity index (χ4n) is 1.90. The van der Waals surface area contributed by atoms with Crippen molar-refractivity contribution < 1.29 is 4.79 Å². The quantitative estimate of drug-likeness (QED) is 0.621. The second-order valence-electron chi connectivity index (χ2n) is 4.29. The van der Waals surface area contributed by atoms with Crippen molar-refractivity contribution in [2.75, 3.05) is 0 Å². The van der Waals surface area contributed by atoms with Gasteiger partial charge in [-0.15, -0.1) is 0 Å². The van der Waals surface area contributed by atoms with Crippen LogP contribution in [0, 0.1) is 28.6 Å². The number of nitriles is 1. The molecule has 0 aromatic heterocycles. The van der Waals surface area contributed by atoms with Crippen molar-refractivity contribution >= 4 is 5.78 Å². The maximum absolute atomic E-state index is 10.7. The van der Waals surface area contributed by atoms with Crippen LogP contribution in [0.2, 0.25) is 0 Å². The monoisotopic (exact) mass is 177 g/mol. The Morgan fingerprint density at radius 3 is 2.69 bits per heavy atom. The third kappa shape index (κ3) is 1.98. The van der Waals surface area contributed by atoms with Crippen LogP contribution in [0.5, 0.6) is 0 Å². The first kappa shape index (κ1) is 9.98. The second kappa shape index (κ2) is 3.33. The van der Waals surface area contributed by atoms with Gasteiger partial charge in [0.25, 0.3) is 0 Å². The van der Waals surface area contributed by atoms with Crippen LogP contribution in [0.25, 0.3) is 0 Å². The molecule has 1 fully saturated rings. The third-order valence-electron chi connectivity index (χ3n) is 2.99. The summed E-state index contributed by atoms with van der Waals surface area (Å²) in [6, 6.07) is 2.18. The summed E-state index contributed by atoms with van der Waals surface area (Å²) in [6.07, 6.45) is 4.16. The van der Waals surface area contributed by atoms with Crippen LogP contribution >= 0.6 is 0 Å². The number of nitrogens with zero attached hydrogens (tertiary/aromatic N) is 1. The predicted molar refractivity (Wildman–Crippen MR) is 50.8 cm³/mol. The molecule has 1 aliphatic rings. The van der Waals surface area contributed by atoms with E-state index < -0.39 is 0 Å². The average molecular weight is 177 g/mol. The van der Waals surface area contributed by atoms with Crippen molar-refractivity contribution in [3.05, 3.63) is 12.2 Å². The Kier molecular flexibility index (Phi) is 2.56. The Morgan fingerprint density at radius 1 is 1.62 bits per heavy atom. The fourth-order valence-corrected chi connectivity index (χ4v) is 1.90. The molecule has 0 amide bonds. The molecule has 1 rings (SSSR count). The van der Waals surface area contributed by atoms with E-state index in [0.717, 1.165) is 0 Å². The molecule has 0 aromatic rings. The zero-order valence-corrected chi connectivity index (χ0v) is 8.37. The molecule has 2 nitrogen and oxygen atoms in total. The van der Waals surface area contributed by atoms with Gasteiger partial charge in [-0.05, 0) is 30.3 Å². The van der Waals surface area contributed by atoms with Gasteiger partial charge < -0.3 is 0 Å². The molecule has 2 atom stereocenters. The van der Waals surface area contributed by atoms with E-state index in [0.29, 0.717) is 18.3 Å². The molecular formula is C11H15NO. The third-order valence-corrected chi connectivity index (χ3v) is 2.99. The molecule has 0 saturated heterocycles. The van der Waals surface area contributed by atoms with E-state index in [1.54, 1.807) is 13.0 Å². The first-order chi connectivity index (χ1) is 6.00. The largest absolute Gasteiger partial charge is 0.295 e. The summed E-state index contributed by atoms with van der Waals surface area (Å²) in [6.45, 7) is 5.83. The summed E-state index contributed by atoms with van der Waals surface area (Å²) in [4.78, 5) is 10.7. The van der Waals surface area contributed by atoms with Gasteiger partial charge in [0.15, 0.2) is 5.78 Å². The Balaban J connectivity index is 2.56. The first-order valence-electron chi connectivity index (χ1n) is 4.56. The molecule has 0 N–H and O–H groups in total. The molecule has 0 aliphatic heterocycles. The van der Waals surface area contributed by atoms with Crippen LogP contribution < -0.4 is 0 Å². The predicted octanol–water partition coefficient (Wildman–Crippen LogP) is 2.32. The second-order valence-corrected chi connectivity index (χ2v) is 4.29. The minimum absolute atomic E-state index is 0.0819. The van der Waals surface area contributed by atoms with Gasteiger partial charge in [-0.3, -0.25) is 4.79 Å². The average Bonchev–Trinajstić information content (AvgIpc) is 2.51. The van der Waals surface area contributed by atoms with Gasteiger partial charge in [-0.2, -0.15) is 5.26 Å². The normalized spacial score (nSPS) is 30.0. The van der Waals surface area contributed by atoms with Gasteiger partial charge in [0.05, 0.1) is 6.07 Å². The molecule has 0 spiro atoms. The number of allylic oxidation sites excluding steroid dienone is 2. The van der Waals surface area contributed by atoms with Gasteiger partial charge in [-0.25, -0.2) is 0 Å². The Bertz CT molecular complexity index is 283. The highest BCUT2D eigenvalue weighted by Crippen LogP contribution is 2.60. The van der Waals surface area contributed by atoms with Crippen molar-refractivity contribution in [2.24, 2.45) is 17.3 Å².